The van der Waals surface area contributed by atoms with Gasteiger partial charge in [0, 0.05) is 31.1 Å². The first-order valence-electron chi connectivity index (χ1n) is 14.5. The van der Waals surface area contributed by atoms with E-state index in [0.29, 0.717) is 0 Å². The fourth-order valence-corrected chi connectivity index (χ4v) is 6.24. The van der Waals surface area contributed by atoms with Gasteiger partial charge in [0.2, 0.25) is 21.8 Å². The van der Waals surface area contributed by atoms with Gasteiger partial charge in [0.1, 0.15) is 24.0 Å². The lowest BCUT2D eigenvalue weighted by Gasteiger charge is -2.34. The van der Waals surface area contributed by atoms with E-state index >= 15 is 0 Å². The SMILES string of the molecule is COc1ccc([N+](=O)[O-])cc1N(CC(=O)N(Cc1ccc(C)cc1)C(Cc1ccccc1)C(=O)NC1CCCC1)S(C)(=O)=O. The molecule has 0 heterocycles. The number of benzene rings is 3. The van der Waals surface area contributed by atoms with Gasteiger partial charge in [0.25, 0.3) is 5.69 Å². The topological polar surface area (TPSA) is 139 Å². The number of nitrogens with one attached hydrogen (secondary N) is 1. The van der Waals surface area contributed by atoms with Crippen molar-refractivity contribution in [3.8, 4) is 5.75 Å². The Bertz CT molecular complexity index is 1570. The molecule has 0 saturated heterocycles. The average molecular weight is 623 g/mol. The predicted octanol–water partition coefficient (Wildman–Crippen LogP) is 4.38. The van der Waals surface area contributed by atoms with E-state index < -0.39 is 33.4 Å². The third-order valence-electron chi connectivity index (χ3n) is 7.77. The molecule has 3 aromatic carbocycles. The van der Waals surface area contributed by atoms with Gasteiger partial charge in [-0.2, -0.15) is 0 Å². The van der Waals surface area contributed by atoms with Crippen LogP contribution < -0.4 is 14.4 Å². The number of aryl methyl sites for hydroxylation is 1. The molecule has 3 aromatic rings. The van der Waals surface area contributed by atoms with Crippen molar-refractivity contribution in [1.29, 1.82) is 0 Å². The van der Waals surface area contributed by atoms with E-state index in [-0.39, 0.29) is 42.0 Å². The minimum atomic E-state index is -4.14. The molecule has 2 amide bonds. The first kappa shape index (κ1) is 32.5. The molecule has 1 aliphatic carbocycles. The van der Waals surface area contributed by atoms with E-state index in [2.05, 4.69) is 5.32 Å². The minimum Gasteiger partial charge on any atom is -0.495 e. The number of nitro groups is 1. The summed E-state index contributed by atoms with van der Waals surface area (Å²) in [7, 11) is -2.84. The van der Waals surface area contributed by atoms with Crippen molar-refractivity contribution in [3.05, 3.63) is 99.6 Å². The molecule has 1 fully saturated rings. The normalized spacial score (nSPS) is 14.1. The summed E-state index contributed by atoms with van der Waals surface area (Å²) < 4.78 is 32.3. The van der Waals surface area contributed by atoms with E-state index in [1.165, 1.54) is 24.1 Å². The first-order chi connectivity index (χ1) is 21.0. The summed E-state index contributed by atoms with van der Waals surface area (Å²) in [6, 6.07) is 19.4. The average Bonchev–Trinajstić information content (AvgIpc) is 3.51. The zero-order valence-corrected chi connectivity index (χ0v) is 26.0. The summed E-state index contributed by atoms with van der Waals surface area (Å²) in [5.41, 5.74) is 2.10. The molecule has 0 bridgehead atoms. The van der Waals surface area contributed by atoms with E-state index in [1.54, 1.807) is 0 Å². The van der Waals surface area contributed by atoms with Crippen LogP contribution in [0.1, 0.15) is 42.4 Å². The molecule has 234 valence electrons. The molecule has 11 nitrogen and oxygen atoms in total. The van der Waals surface area contributed by atoms with Gasteiger partial charge in [0.15, 0.2) is 0 Å². The number of carbonyl (C=O) groups excluding carboxylic acids is 2. The molecule has 12 heteroatoms. The Morgan fingerprint density at radius 2 is 1.68 bits per heavy atom. The molecule has 1 unspecified atom stereocenters. The van der Waals surface area contributed by atoms with Crippen molar-refractivity contribution in [2.24, 2.45) is 0 Å². The van der Waals surface area contributed by atoms with Crippen LogP contribution in [0.25, 0.3) is 0 Å². The number of hydrogen-bond donors (Lipinski definition) is 1. The molecular formula is C32H38N4O7S. The number of rotatable bonds is 13. The molecule has 1 N–H and O–H groups in total. The number of non-ortho nitro benzene ring substituents is 1. The van der Waals surface area contributed by atoms with Gasteiger partial charge >= 0.3 is 0 Å². The fraction of sp³-hybridized carbons (Fsp3) is 0.375. The Kier molecular flexibility index (Phi) is 10.6. The fourth-order valence-electron chi connectivity index (χ4n) is 5.39. The highest BCUT2D eigenvalue weighted by molar-refractivity contribution is 7.92. The smallest absolute Gasteiger partial charge is 0.271 e. The number of nitro benzene ring substituents is 1. The molecule has 1 aliphatic rings. The largest absolute Gasteiger partial charge is 0.495 e. The third kappa shape index (κ3) is 8.34. The number of ether oxygens (including phenoxy) is 1. The Morgan fingerprint density at radius 1 is 1.02 bits per heavy atom. The summed E-state index contributed by atoms with van der Waals surface area (Å²) in [6.45, 7) is 1.28. The highest BCUT2D eigenvalue weighted by atomic mass is 32.2. The third-order valence-corrected chi connectivity index (χ3v) is 8.89. The molecule has 0 radical (unpaired) electrons. The second-order valence-electron chi connectivity index (χ2n) is 11.1. The molecule has 1 saturated carbocycles. The van der Waals surface area contributed by atoms with Crippen LogP contribution >= 0.6 is 0 Å². The zero-order valence-electron chi connectivity index (χ0n) is 25.1. The van der Waals surface area contributed by atoms with E-state index in [0.717, 1.165) is 59.0 Å². The second kappa shape index (κ2) is 14.3. The molecule has 0 spiro atoms. The summed E-state index contributed by atoms with van der Waals surface area (Å²) >= 11 is 0. The van der Waals surface area contributed by atoms with Crippen LogP contribution in [0.15, 0.2) is 72.8 Å². The van der Waals surface area contributed by atoms with Crippen LogP contribution in [-0.2, 0) is 32.6 Å². The second-order valence-corrected chi connectivity index (χ2v) is 13.0. The Labute approximate surface area is 258 Å². The van der Waals surface area contributed by atoms with E-state index in [4.69, 9.17) is 4.74 Å². The number of methoxy groups -OCH3 is 1. The van der Waals surface area contributed by atoms with Crippen molar-refractivity contribution in [2.45, 2.75) is 57.7 Å². The Balaban J connectivity index is 1.77. The van der Waals surface area contributed by atoms with E-state index in [9.17, 15) is 28.1 Å². The Morgan fingerprint density at radius 3 is 2.27 bits per heavy atom. The monoisotopic (exact) mass is 622 g/mol. The lowest BCUT2D eigenvalue weighted by molar-refractivity contribution is -0.384. The number of hydrogen-bond acceptors (Lipinski definition) is 7. The van der Waals surface area contributed by atoms with Crippen molar-refractivity contribution in [2.75, 3.05) is 24.2 Å². The summed E-state index contributed by atoms with van der Waals surface area (Å²) in [4.78, 5) is 40.5. The number of amides is 2. The van der Waals surface area contributed by atoms with Gasteiger partial charge in [0.05, 0.1) is 18.3 Å². The Hall–Kier alpha value is -4.45. The van der Waals surface area contributed by atoms with Gasteiger partial charge in [-0.05, 0) is 37.0 Å². The van der Waals surface area contributed by atoms with Gasteiger partial charge in [-0.15, -0.1) is 0 Å². The molecular weight excluding hydrogens is 584 g/mol. The molecule has 0 aromatic heterocycles. The number of nitrogens with zero attached hydrogens (tertiary/aromatic N) is 3. The van der Waals surface area contributed by atoms with Gasteiger partial charge in [-0.1, -0.05) is 73.0 Å². The van der Waals surface area contributed by atoms with Gasteiger partial charge in [-0.25, -0.2) is 8.42 Å². The van der Waals surface area contributed by atoms with Crippen LogP contribution in [0.3, 0.4) is 0 Å². The van der Waals surface area contributed by atoms with Gasteiger partial charge < -0.3 is 15.0 Å². The molecule has 0 aliphatic heterocycles. The van der Waals surface area contributed by atoms with Crippen LogP contribution in [0.4, 0.5) is 11.4 Å². The van der Waals surface area contributed by atoms with Crippen LogP contribution in [0, 0.1) is 17.0 Å². The molecule has 44 heavy (non-hydrogen) atoms. The van der Waals surface area contributed by atoms with Gasteiger partial charge in [-0.3, -0.25) is 24.0 Å². The summed E-state index contributed by atoms with van der Waals surface area (Å²) in [6.07, 6.45) is 4.84. The predicted molar refractivity (Wildman–Crippen MR) is 168 cm³/mol. The lowest BCUT2D eigenvalue weighted by Crippen LogP contribution is -2.54. The van der Waals surface area contributed by atoms with Crippen LogP contribution in [0.5, 0.6) is 5.75 Å². The quantitative estimate of drug-likeness (QED) is 0.221. The van der Waals surface area contributed by atoms with Crippen molar-refractivity contribution in [3.63, 3.8) is 0 Å². The molecule has 4 rings (SSSR count). The number of anilines is 1. The zero-order chi connectivity index (χ0) is 31.9. The van der Waals surface area contributed by atoms with Crippen molar-refractivity contribution in [1.82, 2.24) is 10.2 Å². The minimum absolute atomic E-state index is 0.00116. The first-order valence-corrected chi connectivity index (χ1v) is 16.3. The molecule has 1 atom stereocenters. The van der Waals surface area contributed by atoms with Crippen LogP contribution in [0.2, 0.25) is 0 Å². The number of sulfonamides is 1. The van der Waals surface area contributed by atoms with Crippen molar-refractivity contribution < 1.29 is 27.7 Å². The maximum absolute atomic E-state index is 14.3. The van der Waals surface area contributed by atoms with Crippen molar-refractivity contribution >= 4 is 33.2 Å². The highest BCUT2D eigenvalue weighted by Crippen LogP contribution is 2.34. The number of carbonyl (C=O) groups is 2. The highest BCUT2D eigenvalue weighted by Gasteiger charge is 2.35. The van der Waals surface area contributed by atoms with E-state index in [1.807, 2.05) is 61.5 Å². The summed E-state index contributed by atoms with van der Waals surface area (Å²) in [5, 5.41) is 14.7. The lowest BCUT2D eigenvalue weighted by atomic mass is 10.0. The van der Waals surface area contributed by atoms with Crippen LogP contribution in [-0.4, -0.2) is 62.0 Å². The maximum Gasteiger partial charge on any atom is 0.271 e. The standard InChI is InChI=1S/C32H38N4O7S/c1-23-13-15-25(16-14-23)21-34(29(19-24-9-5-4-6-10-24)32(38)33-26-11-7-8-12-26)31(37)22-35(44(3,41)42)28-20-27(36(39)40)17-18-30(28)43-2/h4-6,9-10,13-18,20,26,29H,7-8,11-12,19,21-22H2,1-3H3,(H,33,38). The summed E-state index contributed by atoms with van der Waals surface area (Å²) in [5.74, 6) is -0.925. The maximum atomic E-state index is 14.3.